The van der Waals surface area contributed by atoms with E-state index in [1.165, 1.54) is 11.8 Å². The summed E-state index contributed by atoms with van der Waals surface area (Å²) >= 11 is 7.67. The molecule has 0 bridgehead atoms. The van der Waals surface area contributed by atoms with Crippen LogP contribution in [0, 0.1) is 11.3 Å². The van der Waals surface area contributed by atoms with Gasteiger partial charge in [-0.25, -0.2) is 0 Å². The smallest absolute Gasteiger partial charge is 0.316 e. The van der Waals surface area contributed by atoms with Gasteiger partial charge in [-0.2, -0.15) is 5.26 Å². The molecule has 0 saturated heterocycles. The first-order valence-corrected chi connectivity index (χ1v) is 11.7. The van der Waals surface area contributed by atoms with Gasteiger partial charge in [-0.3, -0.25) is 9.59 Å². The SMILES string of the molecule is CC1=C(C(=O)Nc2ccccc2)[C@@H](c2ccccc2Cl)C(C#N)=C(SCC(=O)OC(C)C)N1. The fraction of sp³-hybridized carbons (Fsp3) is 0.240. The molecule has 8 heteroatoms. The molecule has 1 amide bonds. The predicted molar refractivity (Wildman–Crippen MR) is 131 cm³/mol. The molecule has 1 aliphatic heterocycles. The van der Waals surface area contributed by atoms with Gasteiger partial charge in [0.15, 0.2) is 0 Å². The summed E-state index contributed by atoms with van der Waals surface area (Å²) < 4.78 is 5.20. The number of thioether (sulfide) groups is 1. The van der Waals surface area contributed by atoms with Crippen molar-refractivity contribution in [3.05, 3.63) is 87.1 Å². The Morgan fingerprint density at radius 2 is 1.85 bits per heavy atom. The molecule has 6 nitrogen and oxygen atoms in total. The second-order valence-electron chi connectivity index (χ2n) is 7.62. The van der Waals surface area contributed by atoms with Gasteiger partial charge in [0.2, 0.25) is 0 Å². The highest BCUT2D eigenvalue weighted by Gasteiger charge is 2.36. The number of hydrogen-bond acceptors (Lipinski definition) is 6. The Hall–Kier alpha value is -3.21. The molecule has 170 valence electrons. The minimum Gasteiger partial charge on any atom is -0.462 e. The minimum atomic E-state index is -0.697. The van der Waals surface area contributed by atoms with Crippen LogP contribution in [0.1, 0.15) is 32.3 Å². The zero-order chi connectivity index (χ0) is 24.0. The van der Waals surface area contributed by atoms with Crippen LogP contribution in [0.25, 0.3) is 0 Å². The van der Waals surface area contributed by atoms with Crippen molar-refractivity contribution in [3.63, 3.8) is 0 Å². The number of carbonyl (C=O) groups is 2. The van der Waals surface area contributed by atoms with Crippen molar-refractivity contribution in [1.29, 1.82) is 5.26 Å². The lowest BCUT2D eigenvalue weighted by molar-refractivity contribution is -0.144. The molecule has 1 heterocycles. The molecular weight excluding hydrogens is 458 g/mol. The number of ether oxygens (including phenoxy) is 1. The third kappa shape index (κ3) is 5.98. The number of nitrogens with one attached hydrogen (secondary N) is 2. The van der Waals surface area contributed by atoms with Gasteiger partial charge >= 0.3 is 5.97 Å². The average molecular weight is 482 g/mol. The number of rotatable bonds is 7. The Kier molecular flexibility index (Phi) is 8.21. The maximum atomic E-state index is 13.4. The van der Waals surface area contributed by atoms with Crippen molar-refractivity contribution < 1.29 is 14.3 Å². The van der Waals surface area contributed by atoms with Crippen molar-refractivity contribution in [3.8, 4) is 6.07 Å². The molecule has 2 N–H and O–H groups in total. The van der Waals surface area contributed by atoms with Gasteiger partial charge in [-0.05, 0) is 44.5 Å². The Morgan fingerprint density at radius 1 is 1.18 bits per heavy atom. The fourth-order valence-corrected chi connectivity index (χ4v) is 4.61. The summed E-state index contributed by atoms with van der Waals surface area (Å²) in [6, 6.07) is 18.5. The molecule has 0 unspecified atom stereocenters. The van der Waals surface area contributed by atoms with Gasteiger partial charge < -0.3 is 15.4 Å². The Morgan fingerprint density at radius 3 is 2.48 bits per heavy atom. The van der Waals surface area contributed by atoms with E-state index >= 15 is 0 Å². The van der Waals surface area contributed by atoms with Gasteiger partial charge in [-0.15, -0.1) is 0 Å². The van der Waals surface area contributed by atoms with Crippen LogP contribution < -0.4 is 10.6 Å². The predicted octanol–water partition coefficient (Wildman–Crippen LogP) is 5.36. The van der Waals surface area contributed by atoms with E-state index in [-0.39, 0.29) is 23.7 Å². The van der Waals surface area contributed by atoms with Crippen LogP contribution in [-0.4, -0.2) is 23.7 Å². The molecule has 1 aliphatic rings. The third-order valence-electron chi connectivity index (χ3n) is 4.84. The van der Waals surface area contributed by atoms with Crippen molar-refractivity contribution in [2.24, 2.45) is 0 Å². The van der Waals surface area contributed by atoms with Crippen LogP contribution in [0.2, 0.25) is 5.02 Å². The number of para-hydroxylation sites is 1. The number of hydrogen-bond donors (Lipinski definition) is 2. The number of halogens is 1. The summed E-state index contributed by atoms with van der Waals surface area (Å²) in [6.07, 6.45) is -0.229. The molecule has 2 aromatic carbocycles. The van der Waals surface area contributed by atoms with Crippen LogP contribution in [0.4, 0.5) is 5.69 Å². The number of benzene rings is 2. The Bertz CT molecular complexity index is 1150. The topological polar surface area (TPSA) is 91.2 Å². The van der Waals surface area contributed by atoms with E-state index in [1.807, 2.05) is 24.3 Å². The lowest BCUT2D eigenvalue weighted by atomic mass is 9.82. The number of carbonyl (C=O) groups excluding carboxylic acids is 2. The summed E-state index contributed by atoms with van der Waals surface area (Å²) in [5.41, 5.74) is 2.55. The quantitative estimate of drug-likeness (QED) is 0.517. The molecule has 3 rings (SSSR count). The van der Waals surface area contributed by atoms with Crippen LogP contribution in [-0.2, 0) is 14.3 Å². The minimum absolute atomic E-state index is 0.0275. The number of anilines is 1. The van der Waals surface area contributed by atoms with E-state index in [9.17, 15) is 14.9 Å². The van der Waals surface area contributed by atoms with Crippen molar-refractivity contribution >= 4 is 40.9 Å². The molecule has 0 aliphatic carbocycles. The molecular formula is C25H24ClN3O3S. The molecule has 2 aromatic rings. The molecule has 0 saturated carbocycles. The number of amides is 1. The molecule has 0 fully saturated rings. The summed E-state index contributed by atoms with van der Waals surface area (Å²) in [7, 11) is 0. The normalized spacial score (nSPS) is 15.7. The van der Waals surface area contributed by atoms with Gasteiger partial charge in [-0.1, -0.05) is 59.8 Å². The molecule has 33 heavy (non-hydrogen) atoms. The van der Waals surface area contributed by atoms with E-state index < -0.39 is 5.92 Å². The number of allylic oxidation sites excluding steroid dienone is 2. The lowest BCUT2D eigenvalue weighted by Gasteiger charge is -2.30. The Labute approximate surface area is 202 Å². The number of nitrogens with zero attached hydrogens (tertiary/aromatic N) is 1. The average Bonchev–Trinajstić information content (AvgIpc) is 2.77. The summed E-state index contributed by atoms with van der Waals surface area (Å²) in [5.74, 6) is -1.39. The third-order valence-corrected chi connectivity index (χ3v) is 6.18. The monoisotopic (exact) mass is 481 g/mol. The first-order valence-electron chi connectivity index (χ1n) is 10.4. The van der Waals surface area contributed by atoms with Crippen LogP contribution in [0.15, 0.2) is 76.5 Å². The summed E-state index contributed by atoms with van der Waals surface area (Å²) in [4.78, 5) is 25.4. The Balaban J connectivity index is 2.01. The van der Waals surface area contributed by atoms with Gasteiger partial charge in [0.05, 0.1) is 34.4 Å². The maximum absolute atomic E-state index is 13.4. The second-order valence-corrected chi connectivity index (χ2v) is 9.01. The van der Waals surface area contributed by atoms with E-state index in [0.29, 0.717) is 38.1 Å². The second kappa shape index (κ2) is 11.1. The standard InChI is InChI=1S/C25H24ClN3O3S/c1-15(2)32-21(30)14-33-25-19(13-27)23(18-11-7-8-12-20(18)26)22(16(3)28-25)24(31)29-17-9-5-4-6-10-17/h4-12,15,23,28H,14H2,1-3H3,(H,29,31)/t23-/m0/s1. The van der Waals surface area contributed by atoms with Crippen molar-refractivity contribution in [2.45, 2.75) is 32.8 Å². The van der Waals surface area contributed by atoms with E-state index in [1.54, 1.807) is 51.1 Å². The van der Waals surface area contributed by atoms with E-state index in [4.69, 9.17) is 16.3 Å². The van der Waals surface area contributed by atoms with Crippen LogP contribution >= 0.6 is 23.4 Å². The zero-order valence-electron chi connectivity index (χ0n) is 18.5. The summed E-state index contributed by atoms with van der Waals surface area (Å²) in [6.45, 7) is 5.32. The fourth-order valence-electron chi connectivity index (χ4n) is 3.50. The maximum Gasteiger partial charge on any atom is 0.316 e. The highest BCUT2D eigenvalue weighted by molar-refractivity contribution is 8.03. The molecule has 0 aromatic heterocycles. The molecule has 1 atom stereocenters. The molecule has 0 spiro atoms. The lowest BCUT2D eigenvalue weighted by Crippen LogP contribution is -2.31. The number of nitriles is 1. The van der Waals surface area contributed by atoms with Gasteiger partial charge in [0.25, 0.3) is 5.91 Å². The van der Waals surface area contributed by atoms with Crippen molar-refractivity contribution in [2.75, 3.05) is 11.1 Å². The summed E-state index contributed by atoms with van der Waals surface area (Å²) in [5, 5.41) is 17.1. The van der Waals surface area contributed by atoms with E-state index in [0.717, 1.165) is 0 Å². The highest BCUT2D eigenvalue weighted by atomic mass is 35.5. The van der Waals surface area contributed by atoms with E-state index in [2.05, 4.69) is 16.7 Å². The first-order chi connectivity index (χ1) is 15.8. The van der Waals surface area contributed by atoms with Crippen molar-refractivity contribution in [1.82, 2.24) is 5.32 Å². The van der Waals surface area contributed by atoms with Gasteiger partial charge in [0, 0.05) is 22.0 Å². The van der Waals surface area contributed by atoms with Crippen LogP contribution in [0.3, 0.4) is 0 Å². The molecule has 0 radical (unpaired) electrons. The largest absolute Gasteiger partial charge is 0.462 e. The number of esters is 1. The number of dihydropyridines is 1. The van der Waals surface area contributed by atoms with Crippen LogP contribution in [0.5, 0.6) is 0 Å². The first kappa shape index (κ1) is 24.4. The highest BCUT2D eigenvalue weighted by Crippen LogP contribution is 2.43. The zero-order valence-corrected chi connectivity index (χ0v) is 20.1. The van der Waals surface area contributed by atoms with Gasteiger partial charge in [0.1, 0.15) is 0 Å².